The van der Waals surface area contributed by atoms with Crippen molar-refractivity contribution in [2.24, 2.45) is 0 Å². The predicted molar refractivity (Wildman–Crippen MR) is 159 cm³/mol. The summed E-state index contributed by atoms with van der Waals surface area (Å²) in [7, 11) is 0. The van der Waals surface area contributed by atoms with E-state index in [1.807, 2.05) is 30.5 Å². The van der Waals surface area contributed by atoms with Gasteiger partial charge in [0.05, 0.1) is 18.0 Å². The topological polar surface area (TPSA) is 33.5 Å². The second-order valence-electron chi connectivity index (χ2n) is 10.3. The third kappa shape index (κ3) is 4.45. The SMILES string of the molecule is Cc1ccnc(-n2c3[c-]c(Oc4[c-]c(N5CN(C(C)C)c6ccccc65)ccc4)ccc3c3ccccc32)c1.[Pt+2]. The van der Waals surface area contributed by atoms with Crippen LogP contribution in [0.5, 0.6) is 11.5 Å². The number of benzene rings is 4. The Morgan fingerprint density at radius 1 is 0.800 bits per heavy atom. The zero-order valence-electron chi connectivity index (χ0n) is 22.5. The molecule has 0 amide bonds. The molecule has 200 valence electrons. The van der Waals surface area contributed by atoms with Gasteiger partial charge in [-0.1, -0.05) is 41.5 Å². The van der Waals surface area contributed by atoms with Crippen LogP contribution in [0.15, 0.2) is 97.2 Å². The molecule has 0 atom stereocenters. The van der Waals surface area contributed by atoms with Gasteiger partial charge in [0, 0.05) is 29.3 Å². The van der Waals surface area contributed by atoms with Crippen LogP contribution in [0, 0.1) is 19.1 Å². The summed E-state index contributed by atoms with van der Waals surface area (Å²) in [4.78, 5) is 9.36. The van der Waals surface area contributed by atoms with E-state index in [0.717, 1.165) is 45.5 Å². The van der Waals surface area contributed by atoms with Gasteiger partial charge in [0.15, 0.2) is 0 Å². The summed E-state index contributed by atoms with van der Waals surface area (Å²) in [5, 5.41) is 2.27. The molecule has 2 aromatic heterocycles. The van der Waals surface area contributed by atoms with Crippen molar-refractivity contribution in [3.05, 3.63) is 115 Å². The third-order valence-corrected chi connectivity index (χ3v) is 7.35. The number of hydrogen-bond acceptors (Lipinski definition) is 4. The molecule has 0 aliphatic carbocycles. The van der Waals surface area contributed by atoms with Crippen LogP contribution in [-0.4, -0.2) is 22.3 Å². The second kappa shape index (κ2) is 10.5. The first-order valence-corrected chi connectivity index (χ1v) is 13.3. The summed E-state index contributed by atoms with van der Waals surface area (Å²) < 4.78 is 8.53. The van der Waals surface area contributed by atoms with Gasteiger partial charge in [-0.3, -0.25) is 0 Å². The Kier molecular flexibility index (Phi) is 6.85. The van der Waals surface area contributed by atoms with Crippen LogP contribution in [0.25, 0.3) is 27.6 Å². The van der Waals surface area contributed by atoms with Gasteiger partial charge in [0.25, 0.3) is 0 Å². The quantitative estimate of drug-likeness (QED) is 0.170. The first-order chi connectivity index (χ1) is 19.1. The fraction of sp³-hybridized carbons (Fsp3) is 0.147. The maximum absolute atomic E-state index is 6.37. The molecule has 3 heterocycles. The number of para-hydroxylation sites is 3. The van der Waals surface area contributed by atoms with E-state index >= 15 is 0 Å². The van der Waals surface area contributed by atoms with Crippen molar-refractivity contribution in [2.45, 2.75) is 26.8 Å². The molecule has 6 aromatic rings. The molecular weight excluding hydrogens is 675 g/mol. The molecule has 0 bridgehead atoms. The summed E-state index contributed by atoms with van der Waals surface area (Å²) in [6.07, 6.45) is 1.85. The van der Waals surface area contributed by atoms with Crippen molar-refractivity contribution >= 4 is 38.9 Å². The number of ether oxygens (including phenoxy) is 1. The van der Waals surface area contributed by atoms with Gasteiger partial charge in [0.1, 0.15) is 5.82 Å². The maximum atomic E-state index is 6.37. The van der Waals surface area contributed by atoms with Crippen LogP contribution in [0.4, 0.5) is 17.1 Å². The number of pyridine rings is 1. The monoisotopic (exact) mass is 703 g/mol. The molecule has 1 aliphatic heterocycles. The average Bonchev–Trinajstić information content (AvgIpc) is 3.50. The molecule has 0 N–H and O–H groups in total. The number of hydrogen-bond donors (Lipinski definition) is 0. The van der Waals surface area contributed by atoms with Crippen molar-refractivity contribution in [2.75, 3.05) is 16.5 Å². The van der Waals surface area contributed by atoms with Crippen LogP contribution in [0.1, 0.15) is 19.4 Å². The molecule has 5 nitrogen and oxygen atoms in total. The Morgan fingerprint density at radius 2 is 1.57 bits per heavy atom. The van der Waals surface area contributed by atoms with E-state index in [-0.39, 0.29) is 21.1 Å². The van der Waals surface area contributed by atoms with E-state index < -0.39 is 0 Å². The molecule has 6 heteroatoms. The van der Waals surface area contributed by atoms with Gasteiger partial charge in [-0.2, -0.15) is 12.1 Å². The van der Waals surface area contributed by atoms with Crippen LogP contribution >= 0.6 is 0 Å². The number of anilines is 3. The molecule has 4 aromatic carbocycles. The average molecular weight is 704 g/mol. The molecule has 0 unspecified atom stereocenters. The number of aryl methyl sites for hydroxylation is 1. The molecule has 0 saturated carbocycles. The van der Waals surface area contributed by atoms with Crippen LogP contribution in [-0.2, 0) is 21.1 Å². The Morgan fingerprint density at radius 3 is 2.40 bits per heavy atom. The van der Waals surface area contributed by atoms with E-state index in [1.165, 1.54) is 11.4 Å². The van der Waals surface area contributed by atoms with Crippen molar-refractivity contribution in [3.8, 4) is 17.3 Å². The Bertz CT molecular complexity index is 1840. The number of rotatable bonds is 5. The van der Waals surface area contributed by atoms with E-state index in [2.05, 4.69) is 119 Å². The molecular formula is C34H28N4OPt. The van der Waals surface area contributed by atoms with E-state index in [4.69, 9.17) is 4.74 Å². The predicted octanol–water partition coefficient (Wildman–Crippen LogP) is 8.20. The van der Waals surface area contributed by atoms with Crippen molar-refractivity contribution in [1.29, 1.82) is 0 Å². The van der Waals surface area contributed by atoms with Gasteiger partial charge >= 0.3 is 21.1 Å². The fourth-order valence-corrected chi connectivity index (χ4v) is 5.47. The van der Waals surface area contributed by atoms with Gasteiger partial charge in [0.2, 0.25) is 0 Å². The Hall–Kier alpha value is -4.08. The van der Waals surface area contributed by atoms with Gasteiger partial charge in [-0.15, -0.1) is 35.7 Å². The molecule has 0 radical (unpaired) electrons. The zero-order valence-corrected chi connectivity index (χ0v) is 24.8. The summed E-state index contributed by atoms with van der Waals surface area (Å²) in [6.45, 7) is 7.31. The van der Waals surface area contributed by atoms with Crippen LogP contribution in [0.2, 0.25) is 0 Å². The van der Waals surface area contributed by atoms with Crippen LogP contribution < -0.4 is 14.5 Å². The van der Waals surface area contributed by atoms with Crippen molar-refractivity contribution in [3.63, 3.8) is 0 Å². The molecule has 1 aliphatic rings. The smallest absolute Gasteiger partial charge is 0.509 e. The van der Waals surface area contributed by atoms with Gasteiger partial charge < -0.3 is 19.1 Å². The normalized spacial score (nSPS) is 12.7. The Balaban J connectivity index is 0.00000289. The first kappa shape index (κ1) is 26.2. The number of aromatic nitrogens is 2. The number of nitrogens with zero attached hydrogens (tertiary/aromatic N) is 4. The molecule has 0 saturated heterocycles. The van der Waals surface area contributed by atoms with Crippen molar-refractivity contribution in [1.82, 2.24) is 9.55 Å². The minimum atomic E-state index is 0. The van der Waals surface area contributed by atoms with E-state index in [1.54, 1.807) is 0 Å². The van der Waals surface area contributed by atoms with Crippen LogP contribution in [0.3, 0.4) is 0 Å². The zero-order chi connectivity index (χ0) is 26.5. The van der Waals surface area contributed by atoms with Gasteiger partial charge in [-0.05, 0) is 62.1 Å². The standard InChI is InChI=1S/C34H28N4O.Pt/c1-23(2)36-22-37(32-14-7-6-13-31(32)36)25-9-8-10-26(20-25)39-27-15-16-29-28-11-4-5-12-30(28)38(33(29)21-27)34-19-24(3)17-18-35-34;/h4-19,23H,22H2,1-3H3;/q-2;+2. The summed E-state index contributed by atoms with van der Waals surface area (Å²) >= 11 is 0. The van der Waals surface area contributed by atoms with E-state index in [9.17, 15) is 0 Å². The van der Waals surface area contributed by atoms with Crippen molar-refractivity contribution < 1.29 is 25.8 Å². The second-order valence-corrected chi connectivity index (χ2v) is 10.3. The fourth-order valence-electron chi connectivity index (χ4n) is 5.47. The Labute approximate surface area is 248 Å². The molecule has 0 spiro atoms. The first-order valence-electron chi connectivity index (χ1n) is 13.3. The third-order valence-electron chi connectivity index (χ3n) is 7.35. The summed E-state index contributed by atoms with van der Waals surface area (Å²) in [6, 6.07) is 38.6. The number of fused-ring (bicyclic) bond motifs is 4. The molecule has 0 fully saturated rings. The van der Waals surface area contributed by atoms with Gasteiger partial charge in [-0.25, -0.2) is 4.98 Å². The minimum Gasteiger partial charge on any atom is -0.509 e. The summed E-state index contributed by atoms with van der Waals surface area (Å²) in [5.74, 6) is 2.16. The maximum Gasteiger partial charge on any atom is 2.00 e. The van der Waals surface area contributed by atoms with E-state index in [0.29, 0.717) is 17.5 Å². The minimum absolute atomic E-state index is 0. The molecule has 7 rings (SSSR count). The molecule has 40 heavy (non-hydrogen) atoms. The summed E-state index contributed by atoms with van der Waals surface area (Å²) in [5.41, 5.74) is 6.58. The largest absolute Gasteiger partial charge is 2.00 e.